The molecular weight excluding hydrogens is 302 g/mol. The van der Waals surface area contributed by atoms with Crippen molar-refractivity contribution in [3.05, 3.63) is 29.0 Å². The number of guanidine groups is 1. The Balaban J connectivity index is 2.19. The van der Waals surface area contributed by atoms with Crippen molar-refractivity contribution in [1.82, 2.24) is 20.9 Å². The normalized spacial score (nSPS) is 11.1. The molecule has 1 aromatic rings. The summed E-state index contributed by atoms with van der Waals surface area (Å²) in [5, 5.41) is 9.64. The predicted molar refractivity (Wildman–Crippen MR) is 90.2 cm³/mol. The van der Waals surface area contributed by atoms with E-state index in [1.807, 2.05) is 13.0 Å². The number of halogens is 1. The monoisotopic (exact) mass is 325 g/mol. The van der Waals surface area contributed by atoms with Crippen LogP contribution in [0, 0.1) is 0 Å². The van der Waals surface area contributed by atoms with Crippen molar-refractivity contribution >= 4 is 23.5 Å². The predicted octanol–water partition coefficient (Wildman–Crippen LogP) is 1.36. The second kappa shape index (κ2) is 10.8. The van der Waals surface area contributed by atoms with Crippen LogP contribution < -0.4 is 16.0 Å². The number of hydrogen-bond acceptors (Lipinski definition) is 3. The molecule has 0 aromatic carbocycles. The van der Waals surface area contributed by atoms with Crippen LogP contribution in [0.4, 0.5) is 0 Å². The fourth-order valence-electron chi connectivity index (χ4n) is 1.75. The van der Waals surface area contributed by atoms with Crippen LogP contribution in [-0.4, -0.2) is 43.5 Å². The van der Waals surface area contributed by atoms with Gasteiger partial charge in [0.1, 0.15) is 5.15 Å². The lowest BCUT2D eigenvalue weighted by Crippen LogP contribution is -2.40. The van der Waals surface area contributed by atoms with Gasteiger partial charge < -0.3 is 16.0 Å². The maximum atomic E-state index is 11.5. The van der Waals surface area contributed by atoms with E-state index in [1.54, 1.807) is 19.3 Å². The highest BCUT2D eigenvalue weighted by molar-refractivity contribution is 6.29. The van der Waals surface area contributed by atoms with Gasteiger partial charge in [-0.2, -0.15) is 0 Å². The summed E-state index contributed by atoms with van der Waals surface area (Å²) >= 11 is 5.74. The molecule has 1 rings (SSSR count). The van der Waals surface area contributed by atoms with E-state index >= 15 is 0 Å². The second-order valence-electron chi connectivity index (χ2n) is 4.76. The van der Waals surface area contributed by atoms with Crippen molar-refractivity contribution in [3.63, 3.8) is 0 Å². The van der Waals surface area contributed by atoms with Crippen molar-refractivity contribution in [2.24, 2.45) is 4.99 Å². The molecule has 0 saturated carbocycles. The first-order valence-corrected chi connectivity index (χ1v) is 7.85. The highest BCUT2D eigenvalue weighted by Gasteiger charge is 2.02. The summed E-state index contributed by atoms with van der Waals surface area (Å²) in [6.45, 7) is 4.03. The first-order valence-electron chi connectivity index (χ1n) is 7.47. The number of nitrogens with one attached hydrogen (secondary N) is 3. The molecule has 1 aromatic heterocycles. The maximum absolute atomic E-state index is 11.5. The SMILES string of the molecule is CCCNC(=O)CCNC(=NC)NCCc1ccc(Cl)nc1. The zero-order valence-electron chi connectivity index (χ0n) is 13.2. The molecule has 3 N–H and O–H groups in total. The Morgan fingerprint density at radius 1 is 1.23 bits per heavy atom. The quantitative estimate of drug-likeness (QED) is 0.383. The van der Waals surface area contributed by atoms with Gasteiger partial charge in [-0.15, -0.1) is 0 Å². The summed E-state index contributed by atoms with van der Waals surface area (Å²) in [5.74, 6) is 0.738. The first kappa shape index (κ1) is 18.2. The van der Waals surface area contributed by atoms with Gasteiger partial charge in [-0.05, 0) is 24.5 Å². The lowest BCUT2D eigenvalue weighted by atomic mass is 10.2. The van der Waals surface area contributed by atoms with E-state index in [9.17, 15) is 4.79 Å². The summed E-state index contributed by atoms with van der Waals surface area (Å²) in [6.07, 6.45) is 3.96. The number of carbonyl (C=O) groups is 1. The molecule has 0 aliphatic carbocycles. The molecule has 0 spiro atoms. The van der Waals surface area contributed by atoms with Gasteiger partial charge in [0, 0.05) is 39.3 Å². The summed E-state index contributed by atoms with van der Waals surface area (Å²) < 4.78 is 0. The average molecular weight is 326 g/mol. The number of aromatic nitrogens is 1. The maximum Gasteiger partial charge on any atom is 0.221 e. The zero-order valence-corrected chi connectivity index (χ0v) is 13.9. The number of hydrogen-bond donors (Lipinski definition) is 3. The lowest BCUT2D eigenvalue weighted by Gasteiger charge is -2.11. The zero-order chi connectivity index (χ0) is 16.2. The Labute approximate surface area is 136 Å². The van der Waals surface area contributed by atoms with Crippen molar-refractivity contribution < 1.29 is 4.79 Å². The Morgan fingerprint density at radius 3 is 2.64 bits per heavy atom. The van der Waals surface area contributed by atoms with Crippen LogP contribution in [0.5, 0.6) is 0 Å². The number of amides is 1. The van der Waals surface area contributed by atoms with Gasteiger partial charge in [0.25, 0.3) is 0 Å². The molecule has 1 amide bonds. The second-order valence-corrected chi connectivity index (χ2v) is 5.15. The van der Waals surface area contributed by atoms with Crippen LogP contribution in [0.1, 0.15) is 25.3 Å². The first-order chi connectivity index (χ1) is 10.7. The van der Waals surface area contributed by atoms with E-state index in [0.29, 0.717) is 24.1 Å². The molecule has 7 heteroatoms. The summed E-state index contributed by atoms with van der Waals surface area (Å²) in [7, 11) is 1.70. The van der Waals surface area contributed by atoms with Crippen LogP contribution in [0.2, 0.25) is 5.15 Å². The molecule has 6 nitrogen and oxygen atoms in total. The van der Waals surface area contributed by atoms with Gasteiger partial charge in [-0.1, -0.05) is 24.6 Å². The summed E-state index contributed by atoms with van der Waals surface area (Å²) in [4.78, 5) is 19.6. The number of rotatable bonds is 8. The fourth-order valence-corrected chi connectivity index (χ4v) is 1.86. The van der Waals surface area contributed by atoms with Crippen molar-refractivity contribution in [1.29, 1.82) is 0 Å². The van der Waals surface area contributed by atoms with E-state index in [-0.39, 0.29) is 5.91 Å². The molecule has 0 atom stereocenters. The minimum atomic E-state index is 0.0528. The third-order valence-electron chi connectivity index (χ3n) is 2.94. The summed E-state index contributed by atoms with van der Waals surface area (Å²) in [6, 6.07) is 3.73. The van der Waals surface area contributed by atoms with E-state index in [0.717, 1.165) is 31.5 Å². The molecular formula is C15H24ClN5O. The topological polar surface area (TPSA) is 78.4 Å². The van der Waals surface area contributed by atoms with Crippen molar-refractivity contribution in [3.8, 4) is 0 Å². The molecule has 22 heavy (non-hydrogen) atoms. The molecule has 0 aliphatic rings. The van der Waals surface area contributed by atoms with Crippen LogP contribution >= 0.6 is 11.6 Å². The van der Waals surface area contributed by atoms with Crippen LogP contribution in [-0.2, 0) is 11.2 Å². The van der Waals surface area contributed by atoms with Gasteiger partial charge in [0.2, 0.25) is 5.91 Å². The highest BCUT2D eigenvalue weighted by Crippen LogP contribution is 2.05. The summed E-state index contributed by atoms with van der Waals surface area (Å²) in [5.41, 5.74) is 1.10. The van der Waals surface area contributed by atoms with Crippen molar-refractivity contribution in [2.75, 3.05) is 26.7 Å². The number of aliphatic imine (C=N–C) groups is 1. The third kappa shape index (κ3) is 7.83. The molecule has 0 fully saturated rings. The lowest BCUT2D eigenvalue weighted by molar-refractivity contribution is -0.120. The van der Waals surface area contributed by atoms with Crippen molar-refractivity contribution in [2.45, 2.75) is 26.2 Å². The van der Waals surface area contributed by atoms with Gasteiger partial charge in [-0.3, -0.25) is 9.79 Å². The average Bonchev–Trinajstić information content (AvgIpc) is 2.53. The molecule has 0 aliphatic heterocycles. The van der Waals surface area contributed by atoms with Crippen LogP contribution in [0.15, 0.2) is 23.3 Å². The molecule has 0 radical (unpaired) electrons. The standard InChI is InChI=1S/C15H24ClN5O/c1-3-8-18-14(22)7-10-20-15(17-2)19-9-6-12-4-5-13(16)21-11-12/h4-5,11H,3,6-10H2,1-2H3,(H,18,22)(H2,17,19,20). The highest BCUT2D eigenvalue weighted by atomic mass is 35.5. The minimum Gasteiger partial charge on any atom is -0.356 e. The van der Waals surface area contributed by atoms with Gasteiger partial charge in [0.15, 0.2) is 5.96 Å². The van der Waals surface area contributed by atoms with Gasteiger partial charge in [-0.25, -0.2) is 4.98 Å². The fraction of sp³-hybridized carbons (Fsp3) is 0.533. The van der Waals surface area contributed by atoms with Gasteiger partial charge >= 0.3 is 0 Å². The Kier molecular flexibility index (Phi) is 8.98. The largest absolute Gasteiger partial charge is 0.356 e. The number of pyridine rings is 1. The van der Waals surface area contributed by atoms with Crippen LogP contribution in [0.3, 0.4) is 0 Å². The number of carbonyl (C=O) groups excluding carboxylic acids is 1. The van der Waals surface area contributed by atoms with E-state index in [4.69, 9.17) is 11.6 Å². The molecule has 0 unspecified atom stereocenters. The van der Waals surface area contributed by atoms with E-state index < -0.39 is 0 Å². The Bertz CT molecular complexity index is 475. The smallest absolute Gasteiger partial charge is 0.221 e. The van der Waals surface area contributed by atoms with E-state index in [1.165, 1.54) is 0 Å². The Hall–Kier alpha value is -1.82. The van der Waals surface area contributed by atoms with E-state index in [2.05, 4.69) is 25.9 Å². The number of nitrogens with zero attached hydrogens (tertiary/aromatic N) is 2. The molecule has 0 bridgehead atoms. The Morgan fingerprint density at radius 2 is 2.00 bits per heavy atom. The minimum absolute atomic E-state index is 0.0528. The molecule has 0 saturated heterocycles. The molecule has 122 valence electrons. The van der Waals surface area contributed by atoms with Gasteiger partial charge in [0.05, 0.1) is 0 Å². The van der Waals surface area contributed by atoms with Crippen LogP contribution in [0.25, 0.3) is 0 Å². The molecule has 1 heterocycles. The third-order valence-corrected chi connectivity index (χ3v) is 3.16.